The summed E-state index contributed by atoms with van der Waals surface area (Å²) in [6.45, 7) is 4.28. The van der Waals surface area contributed by atoms with E-state index in [1.807, 2.05) is 36.4 Å². The highest BCUT2D eigenvalue weighted by Crippen LogP contribution is 2.31. The molecule has 0 atom stereocenters. The lowest BCUT2D eigenvalue weighted by Crippen LogP contribution is -2.04. The largest absolute Gasteiger partial charge is 0.462 e. The van der Waals surface area contributed by atoms with Gasteiger partial charge in [-0.05, 0) is 78.6 Å². The van der Waals surface area contributed by atoms with Gasteiger partial charge < -0.3 is 9.47 Å². The molecule has 3 rings (SSSR count). The molecular weight excluding hydrogens is 432 g/mol. The van der Waals surface area contributed by atoms with Crippen LogP contribution in [0.2, 0.25) is 0 Å². The molecule has 0 aliphatic heterocycles. The van der Waals surface area contributed by atoms with Gasteiger partial charge in [0.15, 0.2) is 0 Å². The van der Waals surface area contributed by atoms with E-state index in [1.165, 1.54) is 0 Å². The van der Waals surface area contributed by atoms with E-state index in [0.29, 0.717) is 24.3 Å². The summed E-state index contributed by atoms with van der Waals surface area (Å²) in [4.78, 5) is 23.7. The van der Waals surface area contributed by atoms with Gasteiger partial charge in [0.05, 0.1) is 24.3 Å². The van der Waals surface area contributed by atoms with Crippen molar-refractivity contribution in [2.24, 2.45) is 0 Å². The highest BCUT2D eigenvalue weighted by atomic mass is 79.9. The summed E-state index contributed by atoms with van der Waals surface area (Å²) in [5.74, 6) is -0.647. The number of rotatable bonds is 6. The Bertz CT molecular complexity index is 928. The Kier molecular flexibility index (Phi) is 6.83. The second kappa shape index (κ2) is 9.52. The molecule has 0 aromatic heterocycles. The molecule has 0 heterocycles. The fraction of sp³-hybridized carbons (Fsp3) is 0.167. The van der Waals surface area contributed by atoms with Crippen molar-refractivity contribution in [2.75, 3.05) is 13.2 Å². The average molecular weight is 453 g/mol. The predicted octanol–water partition coefficient (Wildman–Crippen LogP) is 6.14. The monoisotopic (exact) mass is 452 g/mol. The number of hydrogen-bond acceptors (Lipinski definition) is 4. The summed E-state index contributed by atoms with van der Waals surface area (Å²) in [7, 11) is 0. The van der Waals surface area contributed by atoms with Crippen molar-refractivity contribution in [3.8, 4) is 22.3 Å². The van der Waals surface area contributed by atoms with E-state index in [-0.39, 0.29) is 11.9 Å². The Balaban J connectivity index is 1.88. The van der Waals surface area contributed by atoms with Crippen LogP contribution in [0.1, 0.15) is 34.6 Å². The van der Waals surface area contributed by atoms with Crippen molar-refractivity contribution in [1.29, 1.82) is 0 Å². The lowest BCUT2D eigenvalue weighted by Gasteiger charge is -2.09. The zero-order chi connectivity index (χ0) is 20.8. The van der Waals surface area contributed by atoms with Crippen LogP contribution in [0.5, 0.6) is 0 Å². The van der Waals surface area contributed by atoms with Gasteiger partial charge in [0.2, 0.25) is 0 Å². The van der Waals surface area contributed by atoms with Crippen LogP contribution < -0.4 is 0 Å². The molecule has 148 valence electrons. The zero-order valence-electron chi connectivity index (χ0n) is 16.3. The first-order chi connectivity index (χ1) is 14.0. The van der Waals surface area contributed by atoms with Crippen molar-refractivity contribution >= 4 is 27.9 Å². The van der Waals surface area contributed by atoms with Crippen molar-refractivity contribution in [3.63, 3.8) is 0 Å². The fourth-order valence-electron chi connectivity index (χ4n) is 2.95. The van der Waals surface area contributed by atoms with Crippen LogP contribution in [0.3, 0.4) is 0 Å². The molecule has 0 aliphatic rings. The average Bonchev–Trinajstić information content (AvgIpc) is 2.74. The number of carbonyl (C=O) groups excluding carboxylic acids is 2. The Hall–Kier alpha value is -2.92. The molecule has 0 unspecified atom stereocenters. The molecule has 4 nitrogen and oxygen atoms in total. The summed E-state index contributed by atoms with van der Waals surface area (Å²) in [6.07, 6.45) is 0. The molecule has 0 bridgehead atoms. The molecule has 0 saturated heterocycles. The molecular formula is C24H21BrO4. The molecule has 5 heteroatoms. The molecule has 0 fully saturated rings. The van der Waals surface area contributed by atoms with E-state index >= 15 is 0 Å². The molecule has 29 heavy (non-hydrogen) atoms. The quantitative estimate of drug-likeness (QED) is 0.421. The van der Waals surface area contributed by atoms with Crippen molar-refractivity contribution in [2.45, 2.75) is 13.8 Å². The molecule has 3 aromatic rings. The summed E-state index contributed by atoms with van der Waals surface area (Å²) in [6, 6.07) is 20.8. The first-order valence-electron chi connectivity index (χ1n) is 9.37. The molecule has 0 radical (unpaired) electrons. The van der Waals surface area contributed by atoms with Crippen molar-refractivity contribution in [1.82, 2.24) is 0 Å². The lowest BCUT2D eigenvalue weighted by atomic mass is 9.98. The van der Waals surface area contributed by atoms with E-state index in [1.54, 1.807) is 38.1 Å². The number of carbonyl (C=O) groups is 2. The lowest BCUT2D eigenvalue weighted by molar-refractivity contribution is 0.0517. The minimum atomic E-state index is -0.323. The topological polar surface area (TPSA) is 52.6 Å². The van der Waals surface area contributed by atoms with Crippen LogP contribution in [0.15, 0.2) is 71.2 Å². The van der Waals surface area contributed by atoms with Gasteiger partial charge in [0.1, 0.15) is 0 Å². The second-order valence-corrected chi connectivity index (χ2v) is 7.24. The van der Waals surface area contributed by atoms with Gasteiger partial charge in [-0.25, -0.2) is 9.59 Å². The van der Waals surface area contributed by atoms with Crippen LogP contribution in [-0.4, -0.2) is 25.2 Å². The third-order valence-corrected chi connectivity index (χ3v) is 4.81. The van der Waals surface area contributed by atoms with Crippen LogP contribution in [0.25, 0.3) is 22.3 Å². The maximum atomic E-state index is 11.8. The number of halogens is 1. The smallest absolute Gasteiger partial charge is 0.338 e. The standard InChI is InChI=1S/C24H21BrO4/c1-3-28-23(26)18-9-5-16(6-10-18)20-13-21(15-22(25)14-20)17-7-11-19(12-8-17)24(27)29-4-2/h5-15H,3-4H2,1-2H3. The molecule has 0 aliphatic carbocycles. The van der Waals surface area contributed by atoms with E-state index < -0.39 is 0 Å². The number of hydrogen-bond donors (Lipinski definition) is 0. The van der Waals surface area contributed by atoms with Gasteiger partial charge in [0, 0.05) is 4.47 Å². The second-order valence-electron chi connectivity index (χ2n) is 6.32. The third kappa shape index (κ3) is 5.12. The normalized spacial score (nSPS) is 10.4. The maximum Gasteiger partial charge on any atom is 0.338 e. The predicted molar refractivity (Wildman–Crippen MR) is 117 cm³/mol. The summed E-state index contributed by atoms with van der Waals surface area (Å²) >= 11 is 3.58. The molecule has 3 aromatic carbocycles. The Morgan fingerprint density at radius 2 is 1.03 bits per heavy atom. The summed E-state index contributed by atoms with van der Waals surface area (Å²) in [5, 5.41) is 0. The van der Waals surface area contributed by atoms with Crippen molar-refractivity contribution < 1.29 is 19.1 Å². The van der Waals surface area contributed by atoms with E-state index in [4.69, 9.17) is 9.47 Å². The van der Waals surface area contributed by atoms with Gasteiger partial charge in [0.25, 0.3) is 0 Å². The van der Waals surface area contributed by atoms with E-state index in [9.17, 15) is 9.59 Å². The number of ether oxygens (including phenoxy) is 2. The van der Waals surface area contributed by atoms with Gasteiger partial charge >= 0.3 is 11.9 Å². The summed E-state index contributed by atoms with van der Waals surface area (Å²) in [5.41, 5.74) is 5.06. The molecule has 0 N–H and O–H groups in total. The van der Waals surface area contributed by atoms with Gasteiger partial charge in [-0.2, -0.15) is 0 Å². The number of esters is 2. The van der Waals surface area contributed by atoms with Crippen LogP contribution in [-0.2, 0) is 9.47 Å². The van der Waals surface area contributed by atoms with Crippen LogP contribution in [0, 0.1) is 0 Å². The number of benzene rings is 3. The first-order valence-corrected chi connectivity index (χ1v) is 10.2. The Morgan fingerprint density at radius 1 is 0.655 bits per heavy atom. The molecule has 0 spiro atoms. The van der Waals surface area contributed by atoms with E-state index in [0.717, 1.165) is 26.7 Å². The zero-order valence-corrected chi connectivity index (χ0v) is 17.9. The Labute approximate surface area is 178 Å². The van der Waals surface area contributed by atoms with Crippen molar-refractivity contribution in [3.05, 3.63) is 82.3 Å². The van der Waals surface area contributed by atoms with Crippen LogP contribution in [0.4, 0.5) is 0 Å². The minimum absolute atomic E-state index is 0.323. The SMILES string of the molecule is CCOC(=O)c1ccc(-c2cc(Br)cc(-c3ccc(C(=O)OCC)cc3)c2)cc1. The van der Waals surface area contributed by atoms with E-state index in [2.05, 4.69) is 22.0 Å². The molecule has 0 amide bonds. The van der Waals surface area contributed by atoms with Crippen LogP contribution >= 0.6 is 15.9 Å². The third-order valence-electron chi connectivity index (χ3n) is 4.36. The van der Waals surface area contributed by atoms with Gasteiger partial charge in [-0.1, -0.05) is 40.2 Å². The highest BCUT2D eigenvalue weighted by Gasteiger charge is 2.10. The minimum Gasteiger partial charge on any atom is -0.462 e. The Morgan fingerprint density at radius 3 is 1.38 bits per heavy atom. The first kappa shape index (κ1) is 20.8. The van der Waals surface area contributed by atoms with Gasteiger partial charge in [-0.15, -0.1) is 0 Å². The molecule has 0 saturated carbocycles. The van der Waals surface area contributed by atoms with Gasteiger partial charge in [-0.3, -0.25) is 0 Å². The highest BCUT2D eigenvalue weighted by molar-refractivity contribution is 9.10. The summed E-state index contributed by atoms with van der Waals surface area (Å²) < 4.78 is 11.0. The maximum absolute atomic E-state index is 11.8. The fourth-order valence-corrected chi connectivity index (χ4v) is 3.44.